The zero-order valence-electron chi connectivity index (χ0n) is 15.5. The average Bonchev–Trinajstić information content (AvgIpc) is 2.67. The molecular weight excluding hydrogens is 447 g/mol. The predicted molar refractivity (Wildman–Crippen MR) is 104 cm³/mol. The van der Waals surface area contributed by atoms with Gasteiger partial charge in [0.2, 0.25) is 21.8 Å². The van der Waals surface area contributed by atoms with Crippen LogP contribution in [-0.2, 0) is 25.8 Å². The maximum atomic E-state index is 12.8. The van der Waals surface area contributed by atoms with Crippen LogP contribution in [0.25, 0.3) is 0 Å². The fourth-order valence-electron chi connectivity index (χ4n) is 2.27. The molecule has 0 radical (unpaired) electrons. The minimum absolute atomic E-state index is 0.300. The van der Waals surface area contributed by atoms with Gasteiger partial charge in [0.15, 0.2) is 0 Å². The monoisotopic (exact) mass is 463 g/mol. The summed E-state index contributed by atoms with van der Waals surface area (Å²) in [6, 6.07) is 9.57. The van der Waals surface area contributed by atoms with Gasteiger partial charge in [0.25, 0.3) is 0 Å². The molecule has 0 aromatic heterocycles. The molecule has 12 heteroatoms. The van der Waals surface area contributed by atoms with Gasteiger partial charge in [0.05, 0.1) is 34.3 Å². The molecule has 0 unspecified atom stereocenters. The molecular formula is C18H17ClF3N3O4S. The lowest BCUT2D eigenvalue weighted by molar-refractivity contribution is -0.137. The van der Waals surface area contributed by atoms with Crippen molar-refractivity contribution in [1.82, 2.24) is 9.62 Å². The molecule has 0 heterocycles. The van der Waals surface area contributed by atoms with Gasteiger partial charge in [-0.2, -0.15) is 13.2 Å². The van der Waals surface area contributed by atoms with Crippen LogP contribution in [0.2, 0.25) is 5.02 Å². The lowest BCUT2D eigenvalue weighted by atomic mass is 10.2. The van der Waals surface area contributed by atoms with E-state index in [-0.39, 0.29) is 0 Å². The van der Waals surface area contributed by atoms with Crippen LogP contribution in [0.3, 0.4) is 0 Å². The van der Waals surface area contributed by atoms with Gasteiger partial charge < -0.3 is 10.2 Å². The summed E-state index contributed by atoms with van der Waals surface area (Å²) in [7, 11) is -3.10. The Kier molecular flexibility index (Phi) is 7.45. The average molecular weight is 464 g/mol. The van der Waals surface area contributed by atoms with Gasteiger partial charge in [0, 0.05) is 7.05 Å². The Bertz CT molecular complexity index is 1040. The number of likely N-dealkylation sites (N-methyl/N-ethyl adjacent to an activating group) is 1. The quantitative estimate of drug-likeness (QED) is 0.660. The summed E-state index contributed by atoms with van der Waals surface area (Å²) in [5, 5.41) is 2.80. The summed E-state index contributed by atoms with van der Waals surface area (Å²) in [4.78, 5) is 24.5. The Morgan fingerprint density at radius 3 is 2.40 bits per heavy atom. The molecule has 2 aromatic carbocycles. The number of carbonyl (C=O) groups excluding carboxylic acids is 2. The molecule has 2 aromatic rings. The van der Waals surface area contributed by atoms with E-state index in [1.807, 2.05) is 4.72 Å². The Morgan fingerprint density at radius 1 is 1.10 bits per heavy atom. The number of amides is 2. The summed E-state index contributed by atoms with van der Waals surface area (Å²) in [6.45, 7) is -1.14. The number of nitrogens with one attached hydrogen (secondary N) is 2. The second-order valence-corrected chi connectivity index (χ2v) is 8.30. The minimum Gasteiger partial charge on any atom is -0.335 e. The van der Waals surface area contributed by atoms with Crippen LogP contribution in [-0.4, -0.2) is 45.3 Å². The van der Waals surface area contributed by atoms with E-state index in [1.165, 1.54) is 7.05 Å². The zero-order valence-corrected chi connectivity index (χ0v) is 17.1. The lowest BCUT2D eigenvalue weighted by Gasteiger charge is -2.17. The largest absolute Gasteiger partial charge is 0.416 e. The van der Waals surface area contributed by atoms with Crippen LogP contribution in [0.5, 0.6) is 0 Å². The number of halogens is 4. The number of hydrogen-bond donors (Lipinski definition) is 2. The molecule has 0 aliphatic rings. The summed E-state index contributed by atoms with van der Waals surface area (Å²) in [6.07, 6.45) is -4.71. The molecule has 7 nitrogen and oxygen atoms in total. The molecule has 0 atom stereocenters. The van der Waals surface area contributed by atoms with Crippen LogP contribution in [0.15, 0.2) is 53.4 Å². The number of alkyl halides is 3. The molecule has 2 amide bonds. The maximum absolute atomic E-state index is 12.8. The van der Waals surface area contributed by atoms with Gasteiger partial charge in [-0.1, -0.05) is 29.8 Å². The third-order valence-electron chi connectivity index (χ3n) is 3.84. The zero-order chi connectivity index (χ0) is 22.5. The topological polar surface area (TPSA) is 95.6 Å². The highest BCUT2D eigenvalue weighted by Gasteiger charge is 2.31. The normalized spacial score (nSPS) is 11.8. The van der Waals surface area contributed by atoms with E-state index in [4.69, 9.17) is 11.6 Å². The SMILES string of the molecule is CN(CC(=O)Nc1ccccc1Cl)C(=O)CNS(=O)(=O)c1cccc(C(F)(F)F)c1. The van der Waals surface area contributed by atoms with Gasteiger partial charge in [-0.05, 0) is 30.3 Å². The molecule has 0 spiro atoms. The first-order valence-corrected chi connectivity index (χ1v) is 10.2. The first-order chi connectivity index (χ1) is 13.9. The number of benzene rings is 2. The maximum Gasteiger partial charge on any atom is 0.416 e. The van der Waals surface area contributed by atoms with Crippen LogP contribution >= 0.6 is 11.6 Å². The van der Waals surface area contributed by atoms with Crippen molar-refractivity contribution in [3.05, 3.63) is 59.1 Å². The van der Waals surface area contributed by atoms with Crippen LogP contribution in [0.4, 0.5) is 18.9 Å². The van der Waals surface area contributed by atoms with Gasteiger partial charge in [-0.25, -0.2) is 13.1 Å². The molecule has 2 rings (SSSR count). The molecule has 0 fully saturated rings. The van der Waals surface area contributed by atoms with Crippen LogP contribution in [0, 0.1) is 0 Å². The van der Waals surface area contributed by atoms with Crippen molar-refractivity contribution in [2.24, 2.45) is 0 Å². The third kappa shape index (κ3) is 6.44. The molecule has 2 N–H and O–H groups in total. The number of para-hydroxylation sites is 1. The standard InChI is InChI=1S/C18H17ClF3N3O4S/c1-25(11-16(26)24-15-8-3-2-7-14(15)19)17(27)10-23-30(28,29)13-6-4-5-12(9-13)18(20,21)22/h2-9,23H,10-11H2,1H3,(H,24,26). The first kappa shape index (κ1) is 23.6. The predicted octanol–water partition coefficient (Wildman–Crippen LogP) is 2.73. The summed E-state index contributed by atoms with van der Waals surface area (Å²) >= 11 is 5.92. The van der Waals surface area contributed by atoms with Crippen molar-refractivity contribution in [2.45, 2.75) is 11.1 Å². The third-order valence-corrected chi connectivity index (χ3v) is 5.57. The van der Waals surface area contributed by atoms with Gasteiger partial charge >= 0.3 is 6.18 Å². The van der Waals surface area contributed by atoms with Crippen LogP contribution < -0.4 is 10.0 Å². The van der Waals surface area contributed by atoms with Crippen molar-refractivity contribution in [2.75, 3.05) is 25.5 Å². The minimum atomic E-state index is -4.71. The smallest absolute Gasteiger partial charge is 0.335 e. The second-order valence-electron chi connectivity index (χ2n) is 6.13. The number of sulfonamides is 1. The summed E-state index contributed by atoms with van der Waals surface area (Å²) < 4.78 is 64.6. The number of carbonyl (C=O) groups is 2. The van der Waals surface area contributed by atoms with E-state index in [0.29, 0.717) is 16.8 Å². The summed E-state index contributed by atoms with van der Waals surface area (Å²) in [5.41, 5.74) is -0.791. The Balaban J connectivity index is 1.95. The first-order valence-electron chi connectivity index (χ1n) is 8.35. The van der Waals surface area contributed by atoms with E-state index in [0.717, 1.165) is 23.1 Å². The molecule has 0 bridgehead atoms. The van der Waals surface area contributed by atoms with E-state index in [9.17, 15) is 31.2 Å². The van der Waals surface area contributed by atoms with Gasteiger partial charge in [0.1, 0.15) is 0 Å². The van der Waals surface area contributed by atoms with E-state index < -0.39 is 51.6 Å². The Morgan fingerprint density at radius 2 is 1.77 bits per heavy atom. The van der Waals surface area contributed by atoms with Crippen molar-refractivity contribution in [1.29, 1.82) is 0 Å². The van der Waals surface area contributed by atoms with Gasteiger partial charge in [-0.15, -0.1) is 0 Å². The number of hydrogen-bond acceptors (Lipinski definition) is 4. The lowest BCUT2D eigenvalue weighted by Crippen LogP contribution is -2.41. The van der Waals surface area contributed by atoms with Crippen molar-refractivity contribution in [3.8, 4) is 0 Å². The summed E-state index contributed by atoms with van der Waals surface area (Å²) in [5.74, 6) is -1.33. The van der Waals surface area contributed by atoms with Gasteiger partial charge in [-0.3, -0.25) is 9.59 Å². The Labute approximate surface area is 175 Å². The second kappa shape index (κ2) is 9.45. The molecule has 0 saturated heterocycles. The van der Waals surface area contributed by atoms with E-state index in [2.05, 4.69) is 5.32 Å². The fraction of sp³-hybridized carbons (Fsp3) is 0.222. The number of nitrogens with zero attached hydrogens (tertiary/aromatic N) is 1. The number of anilines is 1. The molecule has 162 valence electrons. The number of rotatable bonds is 7. The highest BCUT2D eigenvalue weighted by atomic mass is 35.5. The van der Waals surface area contributed by atoms with Crippen molar-refractivity contribution in [3.63, 3.8) is 0 Å². The van der Waals surface area contributed by atoms with E-state index in [1.54, 1.807) is 24.3 Å². The highest BCUT2D eigenvalue weighted by Crippen LogP contribution is 2.30. The molecule has 0 aliphatic carbocycles. The van der Waals surface area contributed by atoms with E-state index >= 15 is 0 Å². The Hall–Kier alpha value is -2.63. The molecule has 0 saturated carbocycles. The van der Waals surface area contributed by atoms with Crippen molar-refractivity contribution < 1.29 is 31.2 Å². The molecule has 30 heavy (non-hydrogen) atoms. The van der Waals surface area contributed by atoms with Crippen molar-refractivity contribution >= 4 is 39.1 Å². The highest BCUT2D eigenvalue weighted by molar-refractivity contribution is 7.89. The molecule has 0 aliphatic heterocycles. The fourth-order valence-corrected chi connectivity index (χ4v) is 3.47. The van der Waals surface area contributed by atoms with Crippen LogP contribution in [0.1, 0.15) is 5.56 Å².